The summed E-state index contributed by atoms with van der Waals surface area (Å²) in [5, 5.41) is 9.10. The first-order chi connectivity index (χ1) is 11.6. The number of rotatable bonds is 8. The second-order valence-corrected chi connectivity index (χ2v) is 5.50. The van der Waals surface area contributed by atoms with Crippen LogP contribution in [0.5, 0.6) is 11.5 Å². The molecule has 0 aliphatic heterocycles. The summed E-state index contributed by atoms with van der Waals surface area (Å²) in [6, 6.07) is 12.9. The minimum atomic E-state index is -0.903. The molecule has 0 amide bonds. The van der Waals surface area contributed by atoms with Gasteiger partial charge in [0.05, 0.1) is 19.8 Å². The molecule has 0 aromatic heterocycles. The van der Waals surface area contributed by atoms with E-state index < -0.39 is 5.97 Å². The first kappa shape index (κ1) is 17.8. The van der Waals surface area contributed by atoms with E-state index in [9.17, 15) is 4.79 Å². The highest BCUT2D eigenvalue weighted by atomic mass is 16.5. The Balaban J connectivity index is 2.12. The monoisotopic (exact) mass is 329 g/mol. The van der Waals surface area contributed by atoms with Crippen molar-refractivity contribution in [2.45, 2.75) is 20.0 Å². The van der Waals surface area contributed by atoms with Gasteiger partial charge in [0.1, 0.15) is 0 Å². The van der Waals surface area contributed by atoms with Gasteiger partial charge in [-0.3, -0.25) is 4.90 Å². The number of methoxy groups -OCH3 is 2. The summed E-state index contributed by atoms with van der Waals surface area (Å²) in [7, 11) is 3.24. The second kappa shape index (κ2) is 8.36. The maximum atomic E-state index is 11.1. The van der Waals surface area contributed by atoms with E-state index >= 15 is 0 Å². The van der Waals surface area contributed by atoms with Gasteiger partial charge in [-0.25, -0.2) is 4.79 Å². The third-order valence-electron chi connectivity index (χ3n) is 3.88. The summed E-state index contributed by atoms with van der Waals surface area (Å²) in [4.78, 5) is 13.3. The molecule has 2 aromatic rings. The second-order valence-electron chi connectivity index (χ2n) is 5.50. The van der Waals surface area contributed by atoms with Crippen LogP contribution in [-0.4, -0.2) is 36.7 Å². The molecule has 0 aliphatic carbocycles. The van der Waals surface area contributed by atoms with Crippen molar-refractivity contribution in [3.63, 3.8) is 0 Å². The van der Waals surface area contributed by atoms with Gasteiger partial charge in [0.15, 0.2) is 11.5 Å². The van der Waals surface area contributed by atoms with Crippen LogP contribution < -0.4 is 9.47 Å². The molecule has 0 unspecified atom stereocenters. The lowest BCUT2D eigenvalue weighted by Gasteiger charge is -2.21. The van der Waals surface area contributed by atoms with Crippen LogP contribution >= 0.6 is 0 Å². The fourth-order valence-corrected chi connectivity index (χ4v) is 2.58. The minimum Gasteiger partial charge on any atom is -0.493 e. The smallest absolute Gasteiger partial charge is 0.335 e. The summed E-state index contributed by atoms with van der Waals surface area (Å²) < 4.78 is 10.6. The molecule has 1 N–H and O–H groups in total. The van der Waals surface area contributed by atoms with Gasteiger partial charge in [-0.1, -0.05) is 25.1 Å². The Morgan fingerprint density at radius 1 is 1.00 bits per heavy atom. The van der Waals surface area contributed by atoms with E-state index in [-0.39, 0.29) is 0 Å². The Morgan fingerprint density at radius 2 is 1.67 bits per heavy atom. The lowest BCUT2D eigenvalue weighted by atomic mass is 10.1. The molecule has 0 radical (unpaired) electrons. The van der Waals surface area contributed by atoms with Crippen LogP contribution in [0.2, 0.25) is 0 Å². The molecule has 5 heteroatoms. The van der Waals surface area contributed by atoms with Crippen molar-refractivity contribution in [3.8, 4) is 11.5 Å². The number of benzene rings is 2. The van der Waals surface area contributed by atoms with Gasteiger partial charge < -0.3 is 14.6 Å². The van der Waals surface area contributed by atoms with Gasteiger partial charge in [-0.15, -0.1) is 0 Å². The van der Waals surface area contributed by atoms with Crippen LogP contribution in [-0.2, 0) is 13.1 Å². The number of aromatic carboxylic acids is 1. The molecule has 0 bridgehead atoms. The fourth-order valence-electron chi connectivity index (χ4n) is 2.58. The normalized spacial score (nSPS) is 10.7. The first-order valence-corrected chi connectivity index (χ1v) is 7.82. The van der Waals surface area contributed by atoms with Gasteiger partial charge in [0, 0.05) is 13.1 Å². The number of hydrogen-bond acceptors (Lipinski definition) is 4. The van der Waals surface area contributed by atoms with E-state index in [4.69, 9.17) is 14.6 Å². The zero-order chi connectivity index (χ0) is 17.5. The van der Waals surface area contributed by atoms with Crippen LogP contribution in [0.25, 0.3) is 0 Å². The number of ether oxygens (including phenoxy) is 2. The Hall–Kier alpha value is -2.53. The van der Waals surface area contributed by atoms with Gasteiger partial charge in [-0.05, 0) is 41.9 Å². The molecule has 0 spiro atoms. The molecule has 0 atom stereocenters. The predicted molar refractivity (Wildman–Crippen MR) is 92.7 cm³/mol. The fraction of sp³-hybridized carbons (Fsp3) is 0.316. The summed E-state index contributed by atoms with van der Waals surface area (Å²) in [5.41, 5.74) is 2.41. The third kappa shape index (κ3) is 4.49. The number of carboxylic acids is 1. The minimum absolute atomic E-state index is 0.315. The summed E-state index contributed by atoms with van der Waals surface area (Å²) in [6.45, 7) is 4.37. The standard InChI is InChI=1S/C19H23NO4/c1-4-20(12-14-6-5-7-16(10-14)19(21)22)13-15-8-9-17(23-2)18(11-15)24-3/h5-11H,4,12-13H2,1-3H3,(H,21,22). The molecular formula is C19H23NO4. The van der Waals surface area contributed by atoms with Crippen LogP contribution in [0.1, 0.15) is 28.4 Å². The molecule has 2 rings (SSSR count). The molecular weight excluding hydrogens is 306 g/mol. The number of nitrogens with zero attached hydrogens (tertiary/aromatic N) is 1. The molecule has 24 heavy (non-hydrogen) atoms. The van der Waals surface area contributed by atoms with Gasteiger partial charge in [-0.2, -0.15) is 0 Å². The van der Waals surface area contributed by atoms with Gasteiger partial charge in [0.2, 0.25) is 0 Å². The SMILES string of the molecule is CCN(Cc1cccc(C(=O)O)c1)Cc1ccc(OC)c(OC)c1. The average molecular weight is 329 g/mol. The van der Waals surface area contributed by atoms with Crippen LogP contribution in [0.4, 0.5) is 0 Å². The van der Waals surface area contributed by atoms with Crippen molar-refractivity contribution in [1.29, 1.82) is 0 Å². The Bertz CT molecular complexity index is 700. The third-order valence-corrected chi connectivity index (χ3v) is 3.88. The maximum absolute atomic E-state index is 11.1. The van der Waals surface area contributed by atoms with E-state index in [1.54, 1.807) is 32.4 Å². The lowest BCUT2D eigenvalue weighted by Crippen LogP contribution is -2.22. The van der Waals surface area contributed by atoms with E-state index in [1.807, 2.05) is 24.3 Å². The van der Waals surface area contributed by atoms with Crippen molar-refractivity contribution < 1.29 is 19.4 Å². The lowest BCUT2D eigenvalue weighted by molar-refractivity contribution is 0.0696. The van der Waals surface area contributed by atoms with E-state index in [2.05, 4.69) is 11.8 Å². The summed E-state index contributed by atoms with van der Waals surface area (Å²) >= 11 is 0. The zero-order valence-corrected chi connectivity index (χ0v) is 14.3. The number of carbonyl (C=O) groups is 1. The average Bonchev–Trinajstić information content (AvgIpc) is 2.61. The summed E-state index contributed by atoms with van der Waals surface area (Å²) in [6.07, 6.45) is 0. The largest absolute Gasteiger partial charge is 0.493 e. The highest BCUT2D eigenvalue weighted by Gasteiger charge is 2.10. The Kier molecular flexibility index (Phi) is 6.21. The molecule has 128 valence electrons. The number of hydrogen-bond donors (Lipinski definition) is 1. The first-order valence-electron chi connectivity index (χ1n) is 7.82. The van der Waals surface area contributed by atoms with Gasteiger partial charge in [0.25, 0.3) is 0 Å². The molecule has 0 heterocycles. The van der Waals surface area contributed by atoms with Crippen LogP contribution in [0.15, 0.2) is 42.5 Å². The highest BCUT2D eigenvalue weighted by Crippen LogP contribution is 2.28. The molecule has 2 aromatic carbocycles. The van der Waals surface area contributed by atoms with Crippen molar-refractivity contribution >= 4 is 5.97 Å². The van der Waals surface area contributed by atoms with Crippen molar-refractivity contribution in [2.24, 2.45) is 0 Å². The van der Waals surface area contributed by atoms with Crippen molar-refractivity contribution in [1.82, 2.24) is 4.90 Å². The van der Waals surface area contributed by atoms with E-state index in [1.165, 1.54) is 0 Å². The Labute approximate surface area is 142 Å². The Morgan fingerprint density at radius 3 is 2.25 bits per heavy atom. The molecule has 5 nitrogen and oxygen atoms in total. The number of carboxylic acid groups (broad SMARTS) is 1. The molecule has 0 saturated carbocycles. The van der Waals surface area contributed by atoms with Crippen LogP contribution in [0, 0.1) is 0 Å². The van der Waals surface area contributed by atoms with E-state index in [0.717, 1.165) is 24.2 Å². The zero-order valence-electron chi connectivity index (χ0n) is 14.3. The maximum Gasteiger partial charge on any atom is 0.335 e. The van der Waals surface area contributed by atoms with E-state index in [0.29, 0.717) is 23.6 Å². The molecule has 0 aliphatic rings. The predicted octanol–water partition coefficient (Wildman–Crippen LogP) is 3.42. The highest BCUT2D eigenvalue weighted by molar-refractivity contribution is 5.87. The summed E-state index contributed by atoms with van der Waals surface area (Å²) in [5.74, 6) is 0.511. The molecule has 0 saturated heterocycles. The topological polar surface area (TPSA) is 59.0 Å². The van der Waals surface area contributed by atoms with Crippen molar-refractivity contribution in [3.05, 3.63) is 59.2 Å². The van der Waals surface area contributed by atoms with Gasteiger partial charge >= 0.3 is 5.97 Å². The quantitative estimate of drug-likeness (QED) is 0.804. The molecule has 0 fully saturated rings. The van der Waals surface area contributed by atoms with Crippen molar-refractivity contribution in [2.75, 3.05) is 20.8 Å². The van der Waals surface area contributed by atoms with Crippen LogP contribution in [0.3, 0.4) is 0 Å².